The molecule has 1 aromatic rings. The molecule has 1 spiro atoms. The van der Waals surface area contributed by atoms with E-state index in [0.717, 1.165) is 30.6 Å². The maximum Gasteiger partial charge on any atom is 0.325 e. The molecule has 1 aromatic carbocycles. The van der Waals surface area contributed by atoms with Gasteiger partial charge in [0.2, 0.25) is 11.8 Å². The van der Waals surface area contributed by atoms with Crippen LogP contribution in [0.25, 0.3) is 0 Å². The first-order chi connectivity index (χ1) is 13.8. The summed E-state index contributed by atoms with van der Waals surface area (Å²) in [6.07, 6.45) is 5.02. The summed E-state index contributed by atoms with van der Waals surface area (Å²) in [6, 6.07) is 4.26. The molecule has 0 bridgehead atoms. The Kier molecular flexibility index (Phi) is 6.05. The number of ether oxygens (including phenoxy) is 1. The number of rotatable bonds is 5. The van der Waals surface area contributed by atoms with Crippen LogP contribution in [0.2, 0.25) is 0 Å². The molecule has 29 heavy (non-hydrogen) atoms. The first-order valence-corrected chi connectivity index (χ1v) is 9.74. The Morgan fingerprint density at radius 3 is 2.45 bits per heavy atom. The maximum absolute atomic E-state index is 12.9. The van der Waals surface area contributed by atoms with Crippen LogP contribution in [-0.4, -0.2) is 47.8 Å². The Balaban J connectivity index is 1.71. The lowest BCUT2D eigenvalue weighted by Gasteiger charge is -2.24. The Hall–Kier alpha value is -3.10. The van der Waals surface area contributed by atoms with Crippen LogP contribution in [0.5, 0.6) is 5.75 Å². The molecule has 0 aromatic heterocycles. The quantitative estimate of drug-likeness (QED) is 0.653. The van der Waals surface area contributed by atoms with E-state index in [1.165, 1.54) is 14.0 Å². The van der Waals surface area contributed by atoms with Gasteiger partial charge < -0.3 is 20.7 Å². The van der Waals surface area contributed by atoms with Gasteiger partial charge in [0.1, 0.15) is 17.8 Å². The molecular weight excluding hydrogens is 376 g/mol. The fourth-order valence-electron chi connectivity index (χ4n) is 3.91. The largest absolute Gasteiger partial charge is 0.495 e. The van der Waals surface area contributed by atoms with E-state index >= 15 is 0 Å². The molecule has 3 rings (SSSR count). The van der Waals surface area contributed by atoms with Crippen LogP contribution >= 0.6 is 0 Å². The van der Waals surface area contributed by atoms with Crippen molar-refractivity contribution in [2.24, 2.45) is 0 Å². The van der Waals surface area contributed by atoms with Gasteiger partial charge in [0.25, 0.3) is 5.91 Å². The highest BCUT2D eigenvalue weighted by molar-refractivity contribution is 6.10. The fourth-order valence-corrected chi connectivity index (χ4v) is 3.91. The molecule has 0 unspecified atom stereocenters. The number of benzene rings is 1. The van der Waals surface area contributed by atoms with Crippen molar-refractivity contribution in [1.29, 1.82) is 0 Å². The number of urea groups is 1. The molecule has 0 radical (unpaired) electrons. The van der Waals surface area contributed by atoms with Gasteiger partial charge in [-0.05, 0) is 31.0 Å². The minimum Gasteiger partial charge on any atom is -0.495 e. The Morgan fingerprint density at radius 2 is 1.83 bits per heavy atom. The van der Waals surface area contributed by atoms with Crippen molar-refractivity contribution in [1.82, 2.24) is 10.2 Å². The second kappa shape index (κ2) is 8.50. The zero-order valence-electron chi connectivity index (χ0n) is 16.7. The summed E-state index contributed by atoms with van der Waals surface area (Å²) in [5.41, 5.74) is -0.0577. The maximum atomic E-state index is 12.9. The lowest BCUT2D eigenvalue weighted by atomic mass is 9.90. The third kappa shape index (κ3) is 4.49. The first-order valence-electron chi connectivity index (χ1n) is 9.74. The van der Waals surface area contributed by atoms with Gasteiger partial charge in [-0.25, -0.2) is 4.79 Å². The van der Waals surface area contributed by atoms with Gasteiger partial charge in [-0.1, -0.05) is 25.7 Å². The molecule has 1 heterocycles. The van der Waals surface area contributed by atoms with Crippen molar-refractivity contribution in [3.63, 3.8) is 0 Å². The number of anilines is 2. The molecule has 156 valence electrons. The summed E-state index contributed by atoms with van der Waals surface area (Å²) in [5, 5.41) is 8.10. The van der Waals surface area contributed by atoms with E-state index in [2.05, 4.69) is 16.0 Å². The predicted molar refractivity (Wildman–Crippen MR) is 107 cm³/mol. The molecule has 9 nitrogen and oxygen atoms in total. The monoisotopic (exact) mass is 402 g/mol. The predicted octanol–water partition coefficient (Wildman–Crippen LogP) is 2.24. The molecule has 1 saturated carbocycles. The number of carbonyl (C=O) groups is 4. The summed E-state index contributed by atoms with van der Waals surface area (Å²) in [7, 11) is 1.45. The topological polar surface area (TPSA) is 117 Å². The number of nitrogens with one attached hydrogen (secondary N) is 3. The number of hydrogen-bond donors (Lipinski definition) is 3. The van der Waals surface area contributed by atoms with Gasteiger partial charge in [0.15, 0.2) is 0 Å². The number of methoxy groups -OCH3 is 1. The highest BCUT2D eigenvalue weighted by Gasteiger charge is 2.51. The van der Waals surface area contributed by atoms with Gasteiger partial charge in [0.05, 0.1) is 12.8 Å². The van der Waals surface area contributed by atoms with Crippen LogP contribution in [0.4, 0.5) is 16.2 Å². The van der Waals surface area contributed by atoms with Crippen molar-refractivity contribution < 1.29 is 23.9 Å². The minimum absolute atomic E-state index is 0.250. The second-order valence-corrected chi connectivity index (χ2v) is 7.46. The third-order valence-corrected chi connectivity index (χ3v) is 5.30. The highest BCUT2D eigenvalue weighted by Crippen LogP contribution is 2.33. The van der Waals surface area contributed by atoms with Crippen LogP contribution in [0, 0.1) is 0 Å². The van der Waals surface area contributed by atoms with Crippen molar-refractivity contribution >= 4 is 35.1 Å². The zero-order chi connectivity index (χ0) is 21.0. The van der Waals surface area contributed by atoms with E-state index < -0.39 is 17.5 Å². The average Bonchev–Trinajstić information content (AvgIpc) is 2.83. The van der Waals surface area contributed by atoms with Crippen molar-refractivity contribution in [2.75, 3.05) is 24.3 Å². The Morgan fingerprint density at radius 1 is 1.14 bits per heavy atom. The minimum atomic E-state index is -0.878. The summed E-state index contributed by atoms with van der Waals surface area (Å²) >= 11 is 0. The van der Waals surface area contributed by atoms with E-state index in [-0.39, 0.29) is 18.4 Å². The number of hydrogen-bond acceptors (Lipinski definition) is 5. The molecule has 1 aliphatic carbocycles. The van der Waals surface area contributed by atoms with Gasteiger partial charge in [-0.3, -0.25) is 19.3 Å². The van der Waals surface area contributed by atoms with Crippen LogP contribution in [0.1, 0.15) is 45.4 Å². The van der Waals surface area contributed by atoms with Crippen molar-refractivity contribution in [2.45, 2.75) is 51.0 Å². The molecule has 9 heteroatoms. The Bertz CT molecular complexity index is 830. The number of nitrogens with zero attached hydrogens (tertiary/aromatic N) is 1. The number of amides is 5. The number of carbonyl (C=O) groups excluding carboxylic acids is 4. The normalized spacial score (nSPS) is 18.2. The van der Waals surface area contributed by atoms with E-state index in [1.807, 2.05) is 0 Å². The molecule has 2 aliphatic rings. The molecule has 3 N–H and O–H groups in total. The van der Waals surface area contributed by atoms with Crippen LogP contribution in [0.15, 0.2) is 18.2 Å². The summed E-state index contributed by atoms with van der Waals surface area (Å²) in [6.45, 7) is 0.989. The SMILES string of the molecule is COc1ccc(NC(C)=O)cc1NC(=O)CN1C(=O)NC2(CCCCCC2)C1=O. The molecule has 0 atom stereocenters. The number of imide groups is 1. The summed E-state index contributed by atoms with van der Waals surface area (Å²) in [4.78, 5) is 50.1. The van der Waals surface area contributed by atoms with Crippen LogP contribution in [0.3, 0.4) is 0 Å². The van der Waals surface area contributed by atoms with Gasteiger partial charge >= 0.3 is 6.03 Å². The first kappa shape index (κ1) is 20.6. The van der Waals surface area contributed by atoms with Crippen molar-refractivity contribution in [3.05, 3.63) is 18.2 Å². The van der Waals surface area contributed by atoms with E-state index in [1.54, 1.807) is 18.2 Å². The van der Waals surface area contributed by atoms with E-state index in [9.17, 15) is 19.2 Å². The summed E-state index contributed by atoms with van der Waals surface area (Å²) < 4.78 is 5.24. The standard InChI is InChI=1S/C20H26N4O5/c1-13(25)21-14-7-8-16(29-2)15(11-14)22-17(26)12-24-18(27)20(23-19(24)28)9-5-3-4-6-10-20/h7-8,11H,3-6,9-10,12H2,1-2H3,(H,21,25)(H,22,26)(H,23,28). The Labute approximate surface area is 169 Å². The molecule has 2 fully saturated rings. The van der Waals surface area contributed by atoms with Gasteiger partial charge in [-0.15, -0.1) is 0 Å². The van der Waals surface area contributed by atoms with Gasteiger partial charge in [-0.2, -0.15) is 0 Å². The lowest BCUT2D eigenvalue weighted by molar-refractivity contribution is -0.134. The average molecular weight is 402 g/mol. The summed E-state index contributed by atoms with van der Waals surface area (Å²) in [5.74, 6) is -0.721. The molecule has 1 saturated heterocycles. The third-order valence-electron chi connectivity index (χ3n) is 5.30. The van der Waals surface area contributed by atoms with E-state index in [4.69, 9.17) is 4.74 Å². The van der Waals surface area contributed by atoms with Crippen molar-refractivity contribution in [3.8, 4) is 5.75 Å². The molecule has 1 aliphatic heterocycles. The zero-order valence-corrected chi connectivity index (χ0v) is 16.7. The molecular formula is C20H26N4O5. The smallest absolute Gasteiger partial charge is 0.325 e. The van der Waals surface area contributed by atoms with E-state index in [0.29, 0.717) is 30.0 Å². The van der Waals surface area contributed by atoms with Crippen LogP contribution in [-0.2, 0) is 14.4 Å². The molecule has 5 amide bonds. The fraction of sp³-hybridized carbons (Fsp3) is 0.500. The highest BCUT2D eigenvalue weighted by atomic mass is 16.5. The van der Waals surface area contributed by atoms with Gasteiger partial charge in [0, 0.05) is 12.6 Å². The second-order valence-electron chi connectivity index (χ2n) is 7.46. The van der Waals surface area contributed by atoms with Crippen LogP contribution < -0.4 is 20.7 Å². The lowest BCUT2D eigenvalue weighted by Crippen LogP contribution is -2.47.